The minimum Gasteiger partial charge on any atom is -0.391 e. The highest BCUT2D eigenvalue weighted by atomic mass is 16.3. The molecule has 2 fully saturated rings. The lowest BCUT2D eigenvalue weighted by Crippen LogP contribution is -2.51. The number of carbonyl (C=O) groups excluding carboxylic acids is 2. The fraction of sp³-hybridized carbons (Fsp3) is 0.720. The molecule has 1 saturated carbocycles. The summed E-state index contributed by atoms with van der Waals surface area (Å²) in [7, 11) is 1.89. The number of carbonyl (C=O) groups is 2. The van der Waals surface area contributed by atoms with Crippen LogP contribution in [0.15, 0.2) is 18.5 Å². The second-order valence-electron chi connectivity index (χ2n) is 11.5. The maximum atomic E-state index is 13.9. The fourth-order valence-electron chi connectivity index (χ4n) is 5.08. The number of aryl methyl sites for hydroxylation is 1. The Morgan fingerprint density at radius 2 is 1.97 bits per heavy atom. The van der Waals surface area contributed by atoms with Crippen molar-refractivity contribution >= 4 is 11.8 Å². The summed E-state index contributed by atoms with van der Waals surface area (Å²) in [5, 5.41) is 26.3. The standard InChI is InChI=1S/C25H39N7O3/c1-15(2)18(20-9-10-27-30(20)6)12-26-23(34)21-11-17(33)13-31(21)24(35)22(25(3,4)5)32-14-19(28-29-32)16-7-8-16/h9-10,14-18,21-22,33H,7-8,11-13H2,1-6H3,(H,26,34)/t17-,18?,21+,22-/m1/s1. The van der Waals surface area contributed by atoms with Crippen molar-refractivity contribution in [2.45, 2.75) is 83.9 Å². The van der Waals surface area contributed by atoms with E-state index in [1.807, 2.05) is 44.8 Å². The van der Waals surface area contributed by atoms with E-state index in [0.717, 1.165) is 24.2 Å². The molecule has 3 heterocycles. The van der Waals surface area contributed by atoms with Gasteiger partial charge in [-0.2, -0.15) is 5.10 Å². The molecule has 2 aromatic rings. The van der Waals surface area contributed by atoms with E-state index in [1.165, 1.54) is 4.90 Å². The van der Waals surface area contributed by atoms with Crippen molar-refractivity contribution in [2.75, 3.05) is 13.1 Å². The van der Waals surface area contributed by atoms with E-state index in [0.29, 0.717) is 12.5 Å². The minimum atomic E-state index is -0.744. The molecule has 1 unspecified atom stereocenters. The van der Waals surface area contributed by atoms with Crippen LogP contribution < -0.4 is 5.32 Å². The van der Waals surface area contributed by atoms with Gasteiger partial charge >= 0.3 is 0 Å². The molecule has 2 aliphatic rings. The predicted octanol–water partition coefficient (Wildman–Crippen LogP) is 1.99. The Hall–Kier alpha value is -2.75. The molecule has 35 heavy (non-hydrogen) atoms. The summed E-state index contributed by atoms with van der Waals surface area (Å²) in [5.41, 5.74) is 1.51. The molecule has 10 nitrogen and oxygen atoms in total. The average Bonchev–Trinajstić information content (AvgIpc) is 3.15. The highest BCUT2D eigenvalue weighted by Gasteiger charge is 2.45. The molecular formula is C25H39N7O3. The Bertz CT molecular complexity index is 1050. The van der Waals surface area contributed by atoms with Gasteiger partial charge in [-0.05, 0) is 30.2 Å². The van der Waals surface area contributed by atoms with Gasteiger partial charge in [-0.25, -0.2) is 4.68 Å². The van der Waals surface area contributed by atoms with Gasteiger partial charge in [0.15, 0.2) is 0 Å². The van der Waals surface area contributed by atoms with Crippen LogP contribution in [-0.2, 0) is 16.6 Å². The van der Waals surface area contributed by atoms with E-state index in [-0.39, 0.29) is 36.6 Å². The molecule has 10 heteroatoms. The predicted molar refractivity (Wildman–Crippen MR) is 130 cm³/mol. The van der Waals surface area contributed by atoms with Gasteiger partial charge in [0.1, 0.15) is 12.1 Å². The van der Waals surface area contributed by atoms with E-state index in [1.54, 1.807) is 10.9 Å². The molecule has 4 atom stereocenters. The van der Waals surface area contributed by atoms with E-state index in [4.69, 9.17) is 0 Å². The van der Waals surface area contributed by atoms with Gasteiger partial charge in [0.25, 0.3) is 0 Å². The zero-order chi connectivity index (χ0) is 25.5. The number of aliphatic hydroxyl groups is 1. The van der Waals surface area contributed by atoms with Crippen molar-refractivity contribution in [1.82, 2.24) is 35.0 Å². The minimum absolute atomic E-state index is 0.0836. The van der Waals surface area contributed by atoms with Crippen molar-refractivity contribution < 1.29 is 14.7 Å². The molecule has 0 radical (unpaired) electrons. The quantitative estimate of drug-likeness (QED) is 0.590. The summed E-state index contributed by atoms with van der Waals surface area (Å²) < 4.78 is 3.47. The number of β-amino-alcohol motifs (C(OH)–C–C–N with tert-alkyl or cyclic N) is 1. The maximum Gasteiger partial charge on any atom is 0.248 e. The average molecular weight is 486 g/mol. The molecule has 0 aromatic carbocycles. The lowest BCUT2D eigenvalue weighted by Gasteiger charge is -2.34. The Balaban J connectivity index is 1.51. The zero-order valence-electron chi connectivity index (χ0n) is 21.7. The first kappa shape index (κ1) is 25.3. The Morgan fingerprint density at radius 1 is 1.26 bits per heavy atom. The number of nitrogens with one attached hydrogen (secondary N) is 1. The molecule has 192 valence electrons. The van der Waals surface area contributed by atoms with Crippen LogP contribution in [0.3, 0.4) is 0 Å². The van der Waals surface area contributed by atoms with Crippen LogP contribution in [0.2, 0.25) is 0 Å². The third-order valence-corrected chi connectivity index (χ3v) is 7.25. The summed E-state index contributed by atoms with van der Waals surface area (Å²) in [6, 6.07) is 0.613. The first-order chi connectivity index (χ1) is 16.5. The Kier molecular flexibility index (Phi) is 7.04. The van der Waals surface area contributed by atoms with Gasteiger partial charge in [0.2, 0.25) is 11.8 Å². The summed E-state index contributed by atoms with van der Waals surface area (Å²) in [6.07, 6.45) is 5.30. The topological polar surface area (TPSA) is 118 Å². The highest BCUT2D eigenvalue weighted by molar-refractivity contribution is 5.90. The van der Waals surface area contributed by atoms with E-state index >= 15 is 0 Å². The second kappa shape index (κ2) is 9.72. The number of amides is 2. The van der Waals surface area contributed by atoms with Gasteiger partial charge in [-0.1, -0.05) is 39.8 Å². The van der Waals surface area contributed by atoms with Gasteiger partial charge in [0, 0.05) is 56.5 Å². The van der Waals surface area contributed by atoms with Crippen molar-refractivity contribution in [3.05, 3.63) is 29.8 Å². The SMILES string of the molecule is CC(C)C(CNC(=O)[C@@H]1C[C@@H](O)CN1C(=O)[C@@H](n1cc(C2CC2)nn1)C(C)(C)C)c1ccnn1C. The Morgan fingerprint density at radius 3 is 2.54 bits per heavy atom. The number of hydrogen-bond donors (Lipinski definition) is 2. The molecule has 4 rings (SSSR count). The number of aliphatic hydroxyl groups excluding tert-OH is 1. The van der Waals surface area contributed by atoms with Crippen LogP contribution in [-0.4, -0.2) is 71.8 Å². The van der Waals surface area contributed by atoms with Crippen LogP contribution in [0.5, 0.6) is 0 Å². The van der Waals surface area contributed by atoms with Gasteiger partial charge in [-0.3, -0.25) is 14.3 Å². The lowest BCUT2D eigenvalue weighted by molar-refractivity contribution is -0.144. The number of likely N-dealkylation sites (tertiary alicyclic amines) is 1. The van der Waals surface area contributed by atoms with Crippen LogP contribution in [0.1, 0.15) is 83.1 Å². The molecule has 0 bridgehead atoms. The maximum absolute atomic E-state index is 13.9. The molecule has 2 N–H and O–H groups in total. The molecule has 1 saturated heterocycles. The number of nitrogens with zero attached hydrogens (tertiary/aromatic N) is 6. The van der Waals surface area contributed by atoms with Crippen molar-refractivity contribution in [2.24, 2.45) is 18.4 Å². The summed E-state index contributed by atoms with van der Waals surface area (Å²) in [4.78, 5) is 28.7. The van der Waals surface area contributed by atoms with Crippen molar-refractivity contribution in [3.63, 3.8) is 0 Å². The second-order valence-corrected chi connectivity index (χ2v) is 11.5. The first-order valence-corrected chi connectivity index (χ1v) is 12.6. The third-order valence-electron chi connectivity index (χ3n) is 7.25. The molecule has 2 aromatic heterocycles. The fourth-order valence-corrected chi connectivity index (χ4v) is 5.08. The summed E-state index contributed by atoms with van der Waals surface area (Å²) in [5.74, 6) is 0.345. The normalized spacial score (nSPS) is 22.5. The molecule has 2 amide bonds. The smallest absolute Gasteiger partial charge is 0.248 e. The summed E-state index contributed by atoms with van der Waals surface area (Å²) >= 11 is 0. The third kappa shape index (κ3) is 5.42. The van der Waals surface area contributed by atoms with E-state index in [9.17, 15) is 14.7 Å². The van der Waals surface area contributed by atoms with Gasteiger partial charge in [-0.15, -0.1) is 5.10 Å². The largest absolute Gasteiger partial charge is 0.391 e. The van der Waals surface area contributed by atoms with E-state index in [2.05, 4.69) is 34.6 Å². The van der Waals surface area contributed by atoms with Gasteiger partial charge < -0.3 is 15.3 Å². The first-order valence-electron chi connectivity index (χ1n) is 12.6. The highest BCUT2D eigenvalue weighted by Crippen LogP contribution is 2.40. The van der Waals surface area contributed by atoms with Crippen molar-refractivity contribution in [3.8, 4) is 0 Å². The molecule has 1 aliphatic carbocycles. The molecular weight excluding hydrogens is 446 g/mol. The molecule has 1 aliphatic heterocycles. The van der Waals surface area contributed by atoms with Crippen LogP contribution in [0.25, 0.3) is 0 Å². The van der Waals surface area contributed by atoms with Gasteiger partial charge in [0.05, 0.1) is 11.8 Å². The number of aromatic nitrogens is 5. The number of rotatable bonds is 8. The number of hydrogen-bond acceptors (Lipinski definition) is 6. The Labute approximate surface area is 207 Å². The van der Waals surface area contributed by atoms with Crippen LogP contribution >= 0.6 is 0 Å². The van der Waals surface area contributed by atoms with Crippen LogP contribution in [0.4, 0.5) is 0 Å². The molecule has 0 spiro atoms. The lowest BCUT2D eigenvalue weighted by atomic mass is 9.85. The summed E-state index contributed by atoms with van der Waals surface area (Å²) in [6.45, 7) is 10.7. The zero-order valence-corrected chi connectivity index (χ0v) is 21.7. The van der Waals surface area contributed by atoms with E-state index < -0.39 is 23.6 Å². The van der Waals surface area contributed by atoms with Crippen molar-refractivity contribution in [1.29, 1.82) is 0 Å². The van der Waals surface area contributed by atoms with Crippen LogP contribution in [0, 0.1) is 11.3 Å². The monoisotopic (exact) mass is 485 g/mol.